The van der Waals surface area contributed by atoms with Gasteiger partial charge in [0.1, 0.15) is 74.3 Å². The predicted octanol–water partition coefficient (Wildman–Crippen LogP) is -0.893. The van der Waals surface area contributed by atoms with Crippen LogP contribution in [0, 0.1) is 11.3 Å². The highest BCUT2D eigenvalue weighted by Gasteiger charge is 2.52. The molecule has 5 aliphatic heterocycles. The van der Waals surface area contributed by atoms with Crippen LogP contribution in [0.4, 0.5) is 16.2 Å². The lowest BCUT2D eigenvalue weighted by Gasteiger charge is -2.38. The zero-order valence-electron chi connectivity index (χ0n) is 65.3. The molecular formula is C77H102N8O32. The molecule has 4 fully saturated rings. The molecule has 3 unspecified atom stereocenters. The molecule has 1 aliphatic carbocycles. The molecular weight excluding hydrogens is 1550 g/mol. The molecule has 0 bridgehead atoms. The Labute approximate surface area is 671 Å². The van der Waals surface area contributed by atoms with E-state index in [-0.39, 0.29) is 185 Å². The topological polar surface area (TPSA) is 543 Å². The van der Waals surface area contributed by atoms with Crippen LogP contribution in [0.1, 0.15) is 98.5 Å². The lowest BCUT2D eigenvalue weighted by molar-refractivity contribution is -0.271. The second-order valence-corrected chi connectivity index (χ2v) is 29.5. The Kier molecular flexibility index (Phi) is 31.0. The summed E-state index contributed by atoms with van der Waals surface area (Å²) in [5.41, 5.74) is 0.338. The SMILES string of the molecule is C=C1C[C@H]2C(O)N(C(=O)OCc3ccc(O[C@@H]4O[C@H](C(=O)O)[C@@H](O)[C@H](O)[C@H]4O)c(C(=O)NCCOC)c3)c3cc(OCCC(CCOc4cc5c(cc4OC)C(=O)N4CC(C)(C)C[C@H]4C(O)N5COCc4ccc(O[C@@H]5C[C@H](C(=O)O)[C@@H](O)[C@H](O)[C@H]5O)c(C(=O)NCCOC)c4)NC(=O)COCCOCCON)c(OC)cc3C(=O)N2C1. The number of nitrogens with two attached hydrogens (primary N) is 1. The number of nitrogens with zero attached hydrogens (tertiary/aromatic N) is 4. The van der Waals surface area contributed by atoms with Gasteiger partial charge in [0.25, 0.3) is 23.6 Å². The molecule has 0 aromatic heterocycles. The van der Waals surface area contributed by atoms with Crippen LogP contribution in [-0.4, -0.2) is 315 Å². The summed E-state index contributed by atoms with van der Waals surface area (Å²) in [6.45, 7) is 6.92. The number of ether oxygens (including phenoxy) is 13. The van der Waals surface area contributed by atoms with Gasteiger partial charge in [-0.1, -0.05) is 38.1 Å². The maximum atomic E-state index is 14.8. The van der Waals surface area contributed by atoms with Gasteiger partial charge >= 0.3 is 18.0 Å². The lowest BCUT2D eigenvalue weighted by Crippen LogP contribution is -2.61. The third-order valence-corrected chi connectivity index (χ3v) is 20.7. The van der Waals surface area contributed by atoms with Crippen molar-refractivity contribution in [3.63, 3.8) is 0 Å². The summed E-state index contributed by atoms with van der Waals surface area (Å²) < 4.78 is 75.1. The first-order valence-electron chi connectivity index (χ1n) is 37.7. The van der Waals surface area contributed by atoms with Crippen molar-refractivity contribution >= 4 is 58.9 Å². The fourth-order valence-electron chi connectivity index (χ4n) is 14.6. The van der Waals surface area contributed by atoms with Crippen LogP contribution in [0.2, 0.25) is 0 Å². The van der Waals surface area contributed by atoms with E-state index in [0.717, 1.165) is 4.90 Å². The van der Waals surface area contributed by atoms with Crippen molar-refractivity contribution in [3.05, 3.63) is 106 Å². The molecule has 6 amide bonds. The van der Waals surface area contributed by atoms with Crippen LogP contribution in [0.5, 0.6) is 34.5 Å². The first-order chi connectivity index (χ1) is 55.9. The van der Waals surface area contributed by atoms with Crippen LogP contribution in [0.3, 0.4) is 0 Å². The van der Waals surface area contributed by atoms with E-state index in [0.29, 0.717) is 17.6 Å². The van der Waals surface area contributed by atoms with Gasteiger partial charge in [-0.15, -0.1) is 0 Å². The zero-order valence-corrected chi connectivity index (χ0v) is 65.3. The normalized spacial score (nSPS) is 24.9. The fraction of sp³-hybridized carbons (Fsp3) is 0.558. The van der Waals surface area contributed by atoms with Crippen molar-refractivity contribution in [2.75, 3.05) is 131 Å². The Morgan fingerprint density at radius 1 is 0.607 bits per heavy atom. The molecule has 0 spiro atoms. The van der Waals surface area contributed by atoms with Crippen molar-refractivity contribution in [3.8, 4) is 34.5 Å². The summed E-state index contributed by atoms with van der Waals surface area (Å²) in [7, 11) is 5.52. The van der Waals surface area contributed by atoms with Gasteiger partial charge in [0.2, 0.25) is 12.2 Å². The molecule has 15 atom stereocenters. The number of hydrogen-bond donors (Lipinski definition) is 14. The summed E-state index contributed by atoms with van der Waals surface area (Å²) in [6, 6.07) is 11.2. The van der Waals surface area contributed by atoms with E-state index < -0.39 is 164 Å². The Bertz CT molecular complexity index is 4190. The number of amides is 6. The third kappa shape index (κ3) is 21.4. The first-order valence-corrected chi connectivity index (χ1v) is 37.7. The molecule has 6 aliphatic rings. The van der Waals surface area contributed by atoms with Crippen LogP contribution < -0.4 is 60.1 Å². The lowest BCUT2D eigenvalue weighted by atomic mass is 9.80. The number of nitrogens with one attached hydrogen (secondary N) is 3. The van der Waals surface area contributed by atoms with Crippen LogP contribution >= 0.6 is 0 Å². The standard InChI is InChI=1S/C77H102N8O32/c1-39-24-50-72(98)85(76(103)113-35-41-9-11-53(46(26-41)68(94)80-15-19-105-5)116-75-65(92)63(90)64(91)66(117-75)74(101)102)49-31-57(55(107-7)28-44(49)69(95)82(50)33-39)112-17-13-42(81-59(86)36-109-21-20-108-22-23-114-78)12-16-111-56-30-48-43(27-54(56)106-6)70(96)83-37-77(2,3)32-51(83)71(97)84(48)38-110-34-40-8-10-52(45(25-40)67(93)79-14-18-104-4)115-58-29-47(73(99)100)60(87)62(89)61(58)88/h8-11,25-28,30-31,42,47,50-51,58,60-66,71-72,75,87-92,97-98H,1,12-24,29,32-38,78H2,2-7H3,(H,79,93)(H,80,94)(H,81,86)(H,99,100)(H,101,102)/t42?,47-,50-,51-,58+,60+,61-,62-,63-,64-,65+,66-,71?,72?,75+/m0/s1. The third-order valence-electron chi connectivity index (χ3n) is 20.7. The van der Waals surface area contributed by atoms with Gasteiger partial charge < -0.3 is 148 Å². The number of carbonyl (C=O) groups is 8. The number of methoxy groups -OCH3 is 4. The molecule has 117 heavy (non-hydrogen) atoms. The number of fused-ring (bicyclic) bond motifs is 4. The van der Waals surface area contributed by atoms with Gasteiger partial charge in [0, 0.05) is 77.8 Å². The smallest absolute Gasteiger partial charge is 0.416 e. The van der Waals surface area contributed by atoms with E-state index in [4.69, 9.17) is 67.5 Å². The highest BCUT2D eigenvalue weighted by molar-refractivity contribution is 6.06. The predicted molar refractivity (Wildman–Crippen MR) is 403 cm³/mol. The van der Waals surface area contributed by atoms with Gasteiger partial charge in [-0.25, -0.2) is 20.4 Å². The van der Waals surface area contributed by atoms with Crippen LogP contribution in [0.15, 0.2) is 72.8 Å². The monoisotopic (exact) mass is 1650 g/mol. The molecule has 0 radical (unpaired) electrons. The molecule has 40 heteroatoms. The highest BCUT2D eigenvalue weighted by Crippen LogP contribution is 2.46. The number of aliphatic carboxylic acids is 2. The summed E-state index contributed by atoms with van der Waals surface area (Å²) in [5.74, 6) is -2.80. The summed E-state index contributed by atoms with van der Waals surface area (Å²) >= 11 is 0. The average molecular weight is 1650 g/mol. The summed E-state index contributed by atoms with van der Waals surface area (Å²) in [4.78, 5) is 119. The van der Waals surface area contributed by atoms with E-state index in [1.165, 1.54) is 92.8 Å². The average Bonchev–Trinajstić information content (AvgIpc) is 1.61. The zero-order chi connectivity index (χ0) is 84.7. The van der Waals surface area contributed by atoms with E-state index in [9.17, 15) is 89.4 Å². The number of carboxylic acid groups (broad SMARTS) is 2. The summed E-state index contributed by atoms with van der Waals surface area (Å²) in [6.07, 6.45) is -21.1. The quantitative estimate of drug-likeness (QED) is 0.0146. The number of anilines is 2. The van der Waals surface area contributed by atoms with Crippen molar-refractivity contribution in [2.24, 2.45) is 17.2 Å². The fourth-order valence-corrected chi connectivity index (χ4v) is 14.6. The molecule has 642 valence electrons. The molecule has 15 N–H and O–H groups in total. The van der Waals surface area contributed by atoms with Crippen LogP contribution in [-0.2, 0) is 65.6 Å². The minimum atomic E-state index is -2.05. The number of aliphatic hydroxyl groups is 8. The number of benzene rings is 4. The Balaban J connectivity index is 0.889. The van der Waals surface area contributed by atoms with Crippen molar-refractivity contribution < 1.29 is 156 Å². The number of carboxylic acids is 2. The Hall–Kier alpha value is -9.86. The number of rotatable bonds is 39. The molecule has 10 rings (SSSR count). The number of carbonyl (C=O) groups excluding carboxylic acids is 6. The van der Waals surface area contributed by atoms with Gasteiger partial charge in [0.15, 0.2) is 35.3 Å². The van der Waals surface area contributed by atoms with Crippen molar-refractivity contribution in [1.82, 2.24) is 25.8 Å². The number of aliphatic hydroxyl groups excluding tert-OH is 8. The van der Waals surface area contributed by atoms with Crippen molar-refractivity contribution in [1.29, 1.82) is 0 Å². The molecule has 1 saturated carbocycles. The van der Waals surface area contributed by atoms with E-state index in [1.54, 1.807) is 11.0 Å². The Morgan fingerprint density at radius 3 is 1.78 bits per heavy atom. The maximum Gasteiger partial charge on any atom is 0.416 e. The summed E-state index contributed by atoms with van der Waals surface area (Å²) in [5, 5.41) is 116. The van der Waals surface area contributed by atoms with Crippen molar-refractivity contribution in [2.45, 2.75) is 145 Å². The Morgan fingerprint density at radius 2 is 1.18 bits per heavy atom. The highest BCUT2D eigenvalue weighted by atomic mass is 16.7. The molecule has 40 nitrogen and oxygen atoms in total. The van der Waals surface area contributed by atoms with E-state index >= 15 is 0 Å². The number of hydrogen-bond acceptors (Lipinski definition) is 32. The molecule has 4 aromatic carbocycles. The molecule has 4 aromatic rings. The van der Waals surface area contributed by atoms with E-state index in [1.807, 2.05) is 13.8 Å². The van der Waals surface area contributed by atoms with Crippen LogP contribution in [0.25, 0.3) is 0 Å². The van der Waals surface area contributed by atoms with E-state index in [2.05, 4.69) is 27.4 Å². The maximum absolute atomic E-state index is 14.8. The van der Waals surface area contributed by atoms with Gasteiger partial charge in [-0.2, -0.15) is 0 Å². The molecule has 5 heterocycles. The molecule has 3 saturated heterocycles. The largest absolute Gasteiger partial charge is 0.493 e. The first kappa shape index (κ1) is 89.5. The van der Waals surface area contributed by atoms with Gasteiger partial charge in [-0.3, -0.25) is 28.8 Å². The van der Waals surface area contributed by atoms with Gasteiger partial charge in [-0.05, 0) is 65.8 Å². The minimum absolute atomic E-state index is 0.00467. The van der Waals surface area contributed by atoms with Gasteiger partial charge in [0.05, 0.1) is 131 Å². The second-order valence-electron chi connectivity index (χ2n) is 29.5. The second kappa shape index (κ2) is 40.5. The minimum Gasteiger partial charge on any atom is -0.493 e.